The summed E-state index contributed by atoms with van der Waals surface area (Å²) >= 11 is 0. The summed E-state index contributed by atoms with van der Waals surface area (Å²) in [6.07, 6.45) is 0. The topological polar surface area (TPSA) is 103 Å². The van der Waals surface area contributed by atoms with Crippen molar-refractivity contribution >= 4 is 23.2 Å². The fourth-order valence-corrected chi connectivity index (χ4v) is 3.10. The molecule has 0 fully saturated rings. The first-order valence-electron chi connectivity index (χ1n) is 7.97. The number of ether oxygens (including phenoxy) is 2. The van der Waals surface area contributed by atoms with Gasteiger partial charge in [0.25, 0.3) is 11.8 Å². The van der Waals surface area contributed by atoms with Gasteiger partial charge in [0.05, 0.1) is 11.4 Å². The molecule has 4 N–H and O–H groups in total. The molecule has 128 valence electrons. The fourth-order valence-electron chi connectivity index (χ4n) is 3.10. The molecule has 4 rings (SSSR count). The van der Waals surface area contributed by atoms with Crippen LogP contribution in [0.2, 0.25) is 0 Å². The third kappa shape index (κ3) is 2.89. The molecule has 0 aromatic heterocycles. The van der Waals surface area contributed by atoms with Gasteiger partial charge in [0.1, 0.15) is 11.5 Å². The lowest BCUT2D eigenvalue weighted by Gasteiger charge is -2.23. The number of nitrogens with one attached hydrogen (secondary N) is 2. The number of nitrogens with two attached hydrogens (primary N) is 1. The van der Waals surface area contributed by atoms with Gasteiger partial charge in [-0.2, -0.15) is 0 Å². The van der Waals surface area contributed by atoms with Gasteiger partial charge in [0, 0.05) is 12.5 Å². The Labute approximate surface area is 144 Å². The highest BCUT2D eigenvalue weighted by atomic mass is 16.5. The van der Waals surface area contributed by atoms with Crippen LogP contribution < -0.4 is 25.8 Å². The molecule has 0 unspecified atom stereocenters. The fraction of sp³-hybridized carbons (Fsp3) is 0.222. The van der Waals surface area contributed by atoms with Crippen LogP contribution in [-0.4, -0.2) is 31.6 Å². The van der Waals surface area contributed by atoms with Gasteiger partial charge >= 0.3 is 0 Å². The van der Waals surface area contributed by atoms with E-state index in [1.807, 2.05) is 36.4 Å². The molecule has 2 aliphatic heterocycles. The van der Waals surface area contributed by atoms with E-state index >= 15 is 0 Å². The van der Waals surface area contributed by atoms with E-state index in [2.05, 4.69) is 10.6 Å². The standard InChI is InChI=1S/C18H17N3O4/c19-7-12(10-1-3-15-13(5-10)20-17(22)8-24-15)11-2-4-16-14(6-11)21-18(23)9-25-16/h1-6,12H,7-9,19H2,(H,20,22)(H,21,23). The molecule has 2 aromatic rings. The average molecular weight is 339 g/mol. The maximum Gasteiger partial charge on any atom is 0.262 e. The molecular formula is C18H17N3O4. The number of carbonyl (C=O) groups excluding carboxylic acids is 2. The number of benzene rings is 2. The first-order valence-corrected chi connectivity index (χ1v) is 7.97. The lowest BCUT2D eigenvalue weighted by molar-refractivity contribution is -0.119. The summed E-state index contributed by atoms with van der Waals surface area (Å²) < 4.78 is 10.8. The first kappa shape index (κ1) is 15.5. The van der Waals surface area contributed by atoms with Crippen molar-refractivity contribution in [2.24, 2.45) is 5.73 Å². The molecule has 0 spiro atoms. The van der Waals surface area contributed by atoms with Gasteiger partial charge in [-0.25, -0.2) is 0 Å². The number of hydrogen-bond donors (Lipinski definition) is 3. The number of rotatable bonds is 3. The maximum atomic E-state index is 11.5. The Hall–Kier alpha value is -3.06. The van der Waals surface area contributed by atoms with Gasteiger partial charge in [-0.3, -0.25) is 9.59 Å². The third-order valence-corrected chi connectivity index (χ3v) is 4.31. The summed E-state index contributed by atoms with van der Waals surface area (Å²) in [6.45, 7) is 0.426. The van der Waals surface area contributed by atoms with E-state index in [4.69, 9.17) is 15.2 Å². The molecule has 7 nitrogen and oxygen atoms in total. The van der Waals surface area contributed by atoms with E-state index in [0.717, 1.165) is 11.1 Å². The Bertz CT molecular complexity index is 796. The molecule has 0 saturated heterocycles. The number of amides is 2. The molecule has 0 radical (unpaired) electrons. The van der Waals surface area contributed by atoms with Crippen molar-refractivity contribution in [3.05, 3.63) is 47.5 Å². The predicted octanol–water partition coefficient (Wildman–Crippen LogP) is 1.44. The van der Waals surface area contributed by atoms with Gasteiger partial charge in [-0.15, -0.1) is 0 Å². The molecule has 25 heavy (non-hydrogen) atoms. The zero-order valence-corrected chi connectivity index (χ0v) is 13.4. The van der Waals surface area contributed by atoms with Crippen molar-refractivity contribution in [1.82, 2.24) is 0 Å². The second-order valence-electron chi connectivity index (χ2n) is 5.97. The summed E-state index contributed by atoms with van der Waals surface area (Å²) in [5, 5.41) is 5.61. The van der Waals surface area contributed by atoms with Crippen LogP contribution in [0.5, 0.6) is 11.5 Å². The first-order chi connectivity index (χ1) is 12.1. The summed E-state index contributed by atoms with van der Waals surface area (Å²) in [5.74, 6) is 0.842. The molecule has 0 atom stereocenters. The molecule has 0 saturated carbocycles. The van der Waals surface area contributed by atoms with Crippen molar-refractivity contribution in [2.75, 3.05) is 30.4 Å². The number of carbonyl (C=O) groups is 2. The average Bonchev–Trinajstić information content (AvgIpc) is 2.61. The van der Waals surface area contributed by atoms with Crippen LogP contribution in [0, 0.1) is 0 Å². The van der Waals surface area contributed by atoms with Crippen LogP contribution in [0.25, 0.3) is 0 Å². The summed E-state index contributed by atoms with van der Waals surface area (Å²) in [5.41, 5.74) is 9.19. The van der Waals surface area contributed by atoms with Crippen molar-refractivity contribution in [3.63, 3.8) is 0 Å². The minimum Gasteiger partial charge on any atom is -0.482 e. The lowest BCUT2D eigenvalue weighted by Crippen LogP contribution is -2.26. The van der Waals surface area contributed by atoms with Crippen LogP contribution in [0.1, 0.15) is 17.0 Å². The van der Waals surface area contributed by atoms with Crippen LogP contribution in [-0.2, 0) is 9.59 Å². The Morgan fingerprint density at radius 3 is 1.80 bits per heavy atom. The quantitative estimate of drug-likeness (QED) is 0.785. The molecule has 2 amide bonds. The molecule has 2 aliphatic rings. The Balaban J connectivity index is 1.69. The monoisotopic (exact) mass is 339 g/mol. The van der Waals surface area contributed by atoms with Crippen LogP contribution in [0.3, 0.4) is 0 Å². The van der Waals surface area contributed by atoms with E-state index in [-0.39, 0.29) is 30.9 Å². The summed E-state index contributed by atoms with van der Waals surface area (Å²) in [4.78, 5) is 23.0. The van der Waals surface area contributed by atoms with Gasteiger partial charge < -0.3 is 25.8 Å². The van der Waals surface area contributed by atoms with Crippen LogP contribution in [0.4, 0.5) is 11.4 Å². The van der Waals surface area contributed by atoms with Gasteiger partial charge in [-0.1, -0.05) is 12.1 Å². The largest absolute Gasteiger partial charge is 0.482 e. The third-order valence-electron chi connectivity index (χ3n) is 4.31. The van der Waals surface area contributed by atoms with E-state index < -0.39 is 0 Å². The molecular weight excluding hydrogens is 322 g/mol. The van der Waals surface area contributed by atoms with Crippen molar-refractivity contribution in [1.29, 1.82) is 0 Å². The number of fused-ring (bicyclic) bond motifs is 2. The normalized spacial score (nSPS) is 15.4. The zero-order chi connectivity index (χ0) is 17.4. The maximum absolute atomic E-state index is 11.5. The van der Waals surface area contributed by atoms with Gasteiger partial charge in [-0.05, 0) is 35.4 Å². The second-order valence-corrected chi connectivity index (χ2v) is 5.97. The van der Waals surface area contributed by atoms with Gasteiger partial charge in [0.2, 0.25) is 0 Å². The Kier molecular flexibility index (Phi) is 3.77. The Morgan fingerprint density at radius 1 is 0.880 bits per heavy atom. The minimum absolute atomic E-state index is 0.0250. The molecule has 0 bridgehead atoms. The number of hydrogen-bond acceptors (Lipinski definition) is 5. The minimum atomic E-state index is -0.178. The van der Waals surface area contributed by atoms with Crippen LogP contribution >= 0.6 is 0 Å². The highest BCUT2D eigenvalue weighted by molar-refractivity contribution is 5.96. The molecule has 2 aromatic carbocycles. The smallest absolute Gasteiger partial charge is 0.262 e. The van der Waals surface area contributed by atoms with E-state index in [0.29, 0.717) is 29.4 Å². The van der Waals surface area contributed by atoms with E-state index in [9.17, 15) is 9.59 Å². The number of anilines is 2. The molecule has 2 heterocycles. The molecule has 0 aliphatic carbocycles. The Morgan fingerprint density at radius 2 is 1.36 bits per heavy atom. The zero-order valence-electron chi connectivity index (χ0n) is 13.4. The summed E-state index contributed by atoms with van der Waals surface area (Å²) in [7, 11) is 0. The van der Waals surface area contributed by atoms with Crippen molar-refractivity contribution in [3.8, 4) is 11.5 Å². The lowest BCUT2D eigenvalue weighted by atomic mass is 9.90. The highest BCUT2D eigenvalue weighted by Gasteiger charge is 2.22. The highest BCUT2D eigenvalue weighted by Crippen LogP contribution is 2.36. The second kappa shape index (κ2) is 6.10. The summed E-state index contributed by atoms with van der Waals surface area (Å²) in [6, 6.07) is 11.3. The van der Waals surface area contributed by atoms with Crippen LogP contribution in [0.15, 0.2) is 36.4 Å². The van der Waals surface area contributed by atoms with E-state index in [1.165, 1.54) is 0 Å². The van der Waals surface area contributed by atoms with Crippen molar-refractivity contribution < 1.29 is 19.1 Å². The predicted molar refractivity (Wildman–Crippen MR) is 92.0 cm³/mol. The molecule has 7 heteroatoms. The van der Waals surface area contributed by atoms with Crippen molar-refractivity contribution in [2.45, 2.75) is 5.92 Å². The van der Waals surface area contributed by atoms with Gasteiger partial charge in [0.15, 0.2) is 13.2 Å². The van der Waals surface area contributed by atoms with E-state index in [1.54, 1.807) is 0 Å². The SMILES string of the molecule is NCC(c1ccc2c(c1)NC(=O)CO2)c1ccc2c(c1)NC(=O)CO2.